The summed E-state index contributed by atoms with van der Waals surface area (Å²) < 4.78 is 0. The SMILES string of the molecule is Cc1c(Cl)cccc1NC(=O)/C(C#N)=C/c1cccc(Cl)c1Cl. The molecule has 0 saturated heterocycles. The van der Waals surface area contributed by atoms with E-state index >= 15 is 0 Å². The number of halogens is 3. The number of anilines is 1. The van der Waals surface area contributed by atoms with Gasteiger partial charge in [0.1, 0.15) is 11.6 Å². The van der Waals surface area contributed by atoms with Crippen LogP contribution >= 0.6 is 34.8 Å². The van der Waals surface area contributed by atoms with Gasteiger partial charge in [-0.05, 0) is 42.3 Å². The first-order valence-corrected chi connectivity index (χ1v) is 7.69. The zero-order valence-electron chi connectivity index (χ0n) is 12.0. The molecule has 2 rings (SSSR count). The number of nitriles is 1. The average molecular weight is 366 g/mol. The van der Waals surface area contributed by atoms with Gasteiger partial charge in [0.2, 0.25) is 0 Å². The van der Waals surface area contributed by atoms with Crippen LogP contribution in [0.1, 0.15) is 11.1 Å². The van der Waals surface area contributed by atoms with Crippen LogP contribution in [-0.2, 0) is 4.79 Å². The molecule has 0 heterocycles. The number of benzene rings is 2. The van der Waals surface area contributed by atoms with Gasteiger partial charge >= 0.3 is 0 Å². The van der Waals surface area contributed by atoms with Crippen LogP contribution in [0.15, 0.2) is 42.0 Å². The lowest BCUT2D eigenvalue weighted by molar-refractivity contribution is -0.112. The summed E-state index contributed by atoms with van der Waals surface area (Å²) >= 11 is 18.0. The lowest BCUT2D eigenvalue weighted by Crippen LogP contribution is -2.14. The molecular formula is C17H11Cl3N2O. The lowest BCUT2D eigenvalue weighted by atomic mass is 10.1. The van der Waals surface area contributed by atoms with E-state index in [0.717, 1.165) is 5.56 Å². The van der Waals surface area contributed by atoms with Crippen molar-refractivity contribution in [1.29, 1.82) is 5.26 Å². The van der Waals surface area contributed by atoms with Gasteiger partial charge in [0.15, 0.2) is 0 Å². The first kappa shape index (κ1) is 17.4. The van der Waals surface area contributed by atoms with Gasteiger partial charge in [0.05, 0.1) is 10.0 Å². The number of rotatable bonds is 3. The summed E-state index contributed by atoms with van der Waals surface area (Å²) in [7, 11) is 0. The van der Waals surface area contributed by atoms with Crippen LogP contribution in [0.4, 0.5) is 5.69 Å². The smallest absolute Gasteiger partial charge is 0.266 e. The molecule has 2 aromatic rings. The first-order valence-electron chi connectivity index (χ1n) is 6.56. The number of carbonyl (C=O) groups is 1. The quantitative estimate of drug-likeness (QED) is 0.576. The molecule has 116 valence electrons. The van der Waals surface area contributed by atoms with Crippen LogP contribution in [0.3, 0.4) is 0 Å². The summed E-state index contributed by atoms with van der Waals surface area (Å²) in [6.45, 7) is 1.78. The van der Waals surface area contributed by atoms with Crippen molar-refractivity contribution in [2.45, 2.75) is 6.92 Å². The maximum atomic E-state index is 12.3. The fourth-order valence-corrected chi connectivity index (χ4v) is 2.41. The minimum absolute atomic E-state index is 0.0893. The Morgan fingerprint density at radius 2 is 1.78 bits per heavy atom. The lowest BCUT2D eigenvalue weighted by Gasteiger charge is -2.09. The van der Waals surface area contributed by atoms with Gasteiger partial charge in [-0.3, -0.25) is 4.79 Å². The van der Waals surface area contributed by atoms with Crippen LogP contribution in [0, 0.1) is 18.3 Å². The summed E-state index contributed by atoms with van der Waals surface area (Å²) in [5, 5.41) is 13.1. The molecular weight excluding hydrogens is 355 g/mol. The Labute approximate surface area is 149 Å². The van der Waals surface area contributed by atoms with Gasteiger partial charge < -0.3 is 5.32 Å². The van der Waals surface area contributed by atoms with E-state index in [2.05, 4.69) is 5.32 Å². The van der Waals surface area contributed by atoms with E-state index in [1.54, 1.807) is 43.3 Å². The predicted octanol–water partition coefficient (Wildman–Crippen LogP) is 5.50. The third kappa shape index (κ3) is 4.05. The van der Waals surface area contributed by atoms with Crippen molar-refractivity contribution in [1.82, 2.24) is 0 Å². The highest BCUT2D eigenvalue weighted by Crippen LogP contribution is 2.28. The maximum absolute atomic E-state index is 12.3. The second kappa shape index (κ2) is 7.52. The van der Waals surface area contributed by atoms with E-state index < -0.39 is 5.91 Å². The van der Waals surface area contributed by atoms with Gasteiger partial charge in [-0.2, -0.15) is 5.26 Å². The molecule has 1 N–H and O–H groups in total. The molecule has 0 unspecified atom stereocenters. The molecule has 3 nitrogen and oxygen atoms in total. The largest absolute Gasteiger partial charge is 0.321 e. The Morgan fingerprint density at radius 1 is 1.13 bits per heavy atom. The highest BCUT2D eigenvalue weighted by molar-refractivity contribution is 6.43. The van der Waals surface area contributed by atoms with E-state index in [1.807, 2.05) is 6.07 Å². The number of carbonyl (C=O) groups excluding carboxylic acids is 1. The Balaban J connectivity index is 2.32. The van der Waals surface area contributed by atoms with Gasteiger partial charge in [-0.15, -0.1) is 0 Å². The van der Waals surface area contributed by atoms with Crippen LogP contribution in [0.5, 0.6) is 0 Å². The zero-order chi connectivity index (χ0) is 17.0. The summed E-state index contributed by atoms with van der Waals surface area (Å²) in [4.78, 5) is 12.3. The van der Waals surface area contributed by atoms with Gasteiger partial charge in [-0.25, -0.2) is 0 Å². The van der Waals surface area contributed by atoms with Crippen molar-refractivity contribution in [2.24, 2.45) is 0 Å². The minimum Gasteiger partial charge on any atom is -0.321 e. The Hall–Kier alpha value is -1.99. The summed E-state index contributed by atoms with van der Waals surface area (Å²) in [6, 6.07) is 12.0. The second-order valence-corrected chi connectivity index (χ2v) is 5.87. The van der Waals surface area contributed by atoms with Crippen molar-refractivity contribution >= 4 is 52.5 Å². The van der Waals surface area contributed by atoms with Gasteiger partial charge in [-0.1, -0.05) is 53.0 Å². The number of amides is 1. The molecule has 2 aromatic carbocycles. The Kier molecular flexibility index (Phi) is 5.68. The third-order valence-corrected chi connectivity index (χ3v) is 4.41. The van der Waals surface area contributed by atoms with Crippen LogP contribution in [0.2, 0.25) is 15.1 Å². The molecule has 23 heavy (non-hydrogen) atoms. The topological polar surface area (TPSA) is 52.9 Å². The van der Waals surface area contributed by atoms with Crippen molar-refractivity contribution in [3.8, 4) is 6.07 Å². The second-order valence-electron chi connectivity index (χ2n) is 4.68. The minimum atomic E-state index is -0.547. The van der Waals surface area contributed by atoms with E-state index in [-0.39, 0.29) is 10.6 Å². The van der Waals surface area contributed by atoms with Crippen molar-refractivity contribution in [3.63, 3.8) is 0 Å². The molecule has 6 heteroatoms. The molecule has 0 radical (unpaired) electrons. The number of nitrogens with one attached hydrogen (secondary N) is 1. The Bertz CT molecular complexity index is 838. The molecule has 0 spiro atoms. The average Bonchev–Trinajstić information content (AvgIpc) is 2.53. The zero-order valence-corrected chi connectivity index (χ0v) is 14.3. The first-order chi connectivity index (χ1) is 10.9. The number of hydrogen-bond acceptors (Lipinski definition) is 2. The molecule has 0 atom stereocenters. The third-order valence-electron chi connectivity index (χ3n) is 3.16. The molecule has 0 aliphatic rings. The van der Waals surface area contributed by atoms with Crippen LogP contribution in [0.25, 0.3) is 6.08 Å². The van der Waals surface area contributed by atoms with Crippen molar-refractivity contribution in [2.75, 3.05) is 5.32 Å². The van der Waals surface area contributed by atoms with Gasteiger partial charge in [0.25, 0.3) is 5.91 Å². The van der Waals surface area contributed by atoms with Gasteiger partial charge in [0, 0.05) is 10.7 Å². The van der Waals surface area contributed by atoms with E-state index in [1.165, 1.54) is 6.08 Å². The van der Waals surface area contributed by atoms with Crippen LogP contribution in [-0.4, -0.2) is 5.91 Å². The van der Waals surface area contributed by atoms with Crippen molar-refractivity contribution in [3.05, 3.63) is 68.2 Å². The van der Waals surface area contributed by atoms with E-state index in [4.69, 9.17) is 34.8 Å². The maximum Gasteiger partial charge on any atom is 0.266 e. The van der Waals surface area contributed by atoms with Crippen molar-refractivity contribution < 1.29 is 4.79 Å². The normalized spacial score (nSPS) is 11.0. The summed E-state index contributed by atoms with van der Waals surface area (Å²) in [6.07, 6.45) is 1.39. The number of nitrogens with zero attached hydrogens (tertiary/aromatic N) is 1. The Morgan fingerprint density at radius 3 is 2.48 bits per heavy atom. The highest BCUT2D eigenvalue weighted by Gasteiger charge is 2.13. The molecule has 0 bridgehead atoms. The molecule has 0 aromatic heterocycles. The molecule has 0 aliphatic heterocycles. The fraction of sp³-hybridized carbons (Fsp3) is 0.0588. The molecule has 0 aliphatic carbocycles. The summed E-state index contributed by atoms with van der Waals surface area (Å²) in [5.74, 6) is -0.547. The van der Waals surface area contributed by atoms with Crippen LogP contribution < -0.4 is 5.32 Å². The standard InChI is InChI=1S/C17H11Cl3N2O/c1-10-13(18)5-3-7-15(10)22-17(23)12(9-21)8-11-4-2-6-14(19)16(11)20/h2-8H,1H3,(H,22,23)/b12-8+. The number of hydrogen-bond donors (Lipinski definition) is 1. The monoisotopic (exact) mass is 364 g/mol. The summed E-state index contributed by atoms with van der Waals surface area (Å²) in [5.41, 5.74) is 1.67. The molecule has 1 amide bonds. The predicted molar refractivity (Wildman–Crippen MR) is 94.9 cm³/mol. The van der Waals surface area contributed by atoms with E-state index in [9.17, 15) is 10.1 Å². The molecule has 0 fully saturated rings. The molecule has 0 saturated carbocycles. The highest BCUT2D eigenvalue weighted by atomic mass is 35.5. The van der Waals surface area contributed by atoms with E-state index in [0.29, 0.717) is 21.3 Å². The fourth-order valence-electron chi connectivity index (χ4n) is 1.87.